The highest BCUT2D eigenvalue weighted by atomic mass is 16.4. The van der Waals surface area contributed by atoms with E-state index in [1.165, 1.54) is 0 Å². The van der Waals surface area contributed by atoms with Crippen molar-refractivity contribution in [3.63, 3.8) is 0 Å². The zero-order valence-electron chi connectivity index (χ0n) is 14.0. The van der Waals surface area contributed by atoms with Crippen LogP contribution in [-0.2, 0) is 19.2 Å². The molecule has 12 N–H and O–H groups in total. The lowest BCUT2D eigenvalue weighted by Crippen LogP contribution is -2.32. The highest BCUT2D eigenvalue weighted by Gasteiger charge is 2.14. The number of carboxylic acids is 4. The van der Waals surface area contributed by atoms with Gasteiger partial charge in [0.1, 0.15) is 12.1 Å². The van der Waals surface area contributed by atoms with E-state index < -0.39 is 42.4 Å². The predicted octanol–water partition coefficient (Wildman–Crippen LogP) is -1.83. The molecule has 0 aromatic carbocycles. The molecule has 12 nitrogen and oxygen atoms in total. The Morgan fingerprint density at radius 2 is 1.16 bits per heavy atom. The van der Waals surface area contributed by atoms with Crippen LogP contribution in [0, 0.1) is 0 Å². The minimum Gasteiger partial charge on any atom is -0.481 e. The SMILES string of the molecule is CC(N)N.NC(CC(=O)O)C(=O)O.NC(CCCCC(=O)O)C(=O)O. The predicted molar refractivity (Wildman–Crippen MR) is 87.4 cm³/mol. The zero-order chi connectivity index (χ0) is 20.6. The fourth-order valence-electron chi connectivity index (χ4n) is 1.04. The van der Waals surface area contributed by atoms with E-state index in [9.17, 15) is 19.2 Å². The van der Waals surface area contributed by atoms with Crippen molar-refractivity contribution in [3.8, 4) is 0 Å². The quantitative estimate of drug-likeness (QED) is 0.165. The van der Waals surface area contributed by atoms with E-state index in [0.29, 0.717) is 19.3 Å². The smallest absolute Gasteiger partial charge is 0.321 e. The molecule has 148 valence electrons. The van der Waals surface area contributed by atoms with Gasteiger partial charge in [0.25, 0.3) is 0 Å². The largest absolute Gasteiger partial charge is 0.481 e. The zero-order valence-corrected chi connectivity index (χ0v) is 14.0. The summed E-state index contributed by atoms with van der Waals surface area (Å²) < 4.78 is 0. The van der Waals surface area contributed by atoms with E-state index in [-0.39, 0.29) is 12.6 Å². The Hall–Kier alpha value is -2.28. The summed E-state index contributed by atoms with van der Waals surface area (Å²) in [5.74, 6) is -4.40. The lowest BCUT2D eigenvalue weighted by Gasteiger charge is -2.03. The van der Waals surface area contributed by atoms with E-state index in [1.807, 2.05) is 0 Å². The fourth-order valence-corrected chi connectivity index (χ4v) is 1.04. The van der Waals surface area contributed by atoms with Crippen LogP contribution in [0.2, 0.25) is 0 Å². The van der Waals surface area contributed by atoms with Gasteiger partial charge in [-0.25, -0.2) is 0 Å². The van der Waals surface area contributed by atoms with Gasteiger partial charge in [-0.3, -0.25) is 19.2 Å². The standard InChI is InChI=1S/C7H13NO4.C4H7NO4.C2H8N2/c8-5(7(11)12)3-1-2-4-6(9)10;5-2(4(8)9)1-3(6)7;1-2(3)4/h5H,1-4,8H2,(H,9,10)(H,11,12);2H,1,5H2,(H,6,7)(H,8,9);2H,3-4H2,1H3. The first-order valence-corrected chi connectivity index (χ1v) is 7.22. The molecule has 2 unspecified atom stereocenters. The van der Waals surface area contributed by atoms with Crippen molar-refractivity contribution in [1.82, 2.24) is 0 Å². The minimum absolute atomic E-state index is 0.0757. The molecular formula is C13H28N4O8. The lowest BCUT2D eigenvalue weighted by atomic mass is 10.1. The molecule has 25 heavy (non-hydrogen) atoms. The summed E-state index contributed by atoms with van der Waals surface area (Å²) in [6.45, 7) is 1.72. The number of hydrogen-bond donors (Lipinski definition) is 8. The van der Waals surface area contributed by atoms with Crippen LogP contribution in [0.3, 0.4) is 0 Å². The van der Waals surface area contributed by atoms with E-state index in [4.69, 9.17) is 43.4 Å². The molecule has 0 aromatic rings. The molecule has 0 aliphatic rings. The van der Waals surface area contributed by atoms with Gasteiger partial charge in [-0.1, -0.05) is 6.42 Å². The molecule has 0 saturated heterocycles. The van der Waals surface area contributed by atoms with Crippen LogP contribution in [-0.4, -0.2) is 62.6 Å². The van der Waals surface area contributed by atoms with E-state index in [0.717, 1.165) is 0 Å². The average molecular weight is 368 g/mol. The number of aliphatic carboxylic acids is 4. The molecule has 0 amide bonds. The molecule has 12 heteroatoms. The van der Waals surface area contributed by atoms with Crippen LogP contribution in [0.25, 0.3) is 0 Å². The average Bonchev–Trinajstić information content (AvgIpc) is 2.42. The van der Waals surface area contributed by atoms with Gasteiger partial charge in [0.15, 0.2) is 0 Å². The molecular weight excluding hydrogens is 340 g/mol. The highest BCUT2D eigenvalue weighted by molar-refractivity contribution is 5.80. The summed E-state index contributed by atoms with van der Waals surface area (Å²) in [7, 11) is 0. The van der Waals surface area contributed by atoms with Crippen molar-refractivity contribution >= 4 is 23.9 Å². The molecule has 0 aliphatic carbocycles. The van der Waals surface area contributed by atoms with Gasteiger partial charge in [0.05, 0.1) is 6.42 Å². The molecule has 0 aliphatic heterocycles. The van der Waals surface area contributed by atoms with E-state index in [1.54, 1.807) is 6.92 Å². The van der Waals surface area contributed by atoms with Gasteiger partial charge in [-0.05, 0) is 19.8 Å². The Bertz CT molecular complexity index is 414. The van der Waals surface area contributed by atoms with Crippen LogP contribution in [0.5, 0.6) is 0 Å². The lowest BCUT2D eigenvalue weighted by molar-refractivity contribution is -0.144. The van der Waals surface area contributed by atoms with Crippen molar-refractivity contribution in [2.24, 2.45) is 22.9 Å². The van der Waals surface area contributed by atoms with E-state index >= 15 is 0 Å². The monoisotopic (exact) mass is 368 g/mol. The van der Waals surface area contributed by atoms with Crippen LogP contribution < -0.4 is 22.9 Å². The number of nitrogens with two attached hydrogens (primary N) is 4. The van der Waals surface area contributed by atoms with Gasteiger partial charge in [-0.2, -0.15) is 0 Å². The Morgan fingerprint density at radius 3 is 1.40 bits per heavy atom. The van der Waals surface area contributed by atoms with Crippen molar-refractivity contribution in [3.05, 3.63) is 0 Å². The van der Waals surface area contributed by atoms with Gasteiger partial charge >= 0.3 is 23.9 Å². The fraction of sp³-hybridized carbons (Fsp3) is 0.692. The second-order valence-corrected chi connectivity index (χ2v) is 4.99. The molecule has 0 aromatic heterocycles. The Labute approximate surface area is 144 Å². The second-order valence-electron chi connectivity index (χ2n) is 4.99. The van der Waals surface area contributed by atoms with Crippen molar-refractivity contribution in [2.45, 2.75) is 57.3 Å². The van der Waals surface area contributed by atoms with Crippen LogP contribution >= 0.6 is 0 Å². The second kappa shape index (κ2) is 16.6. The van der Waals surface area contributed by atoms with Gasteiger partial charge < -0.3 is 43.4 Å². The molecule has 0 fully saturated rings. The molecule has 0 spiro atoms. The number of unbranched alkanes of at least 4 members (excludes halogenated alkanes) is 1. The number of carbonyl (C=O) groups is 4. The first-order chi connectivity index (χ1) is 11.3. The van der Waals surface area contributed by atoms with Crippen LogP contribution in [0.4, 0.5) is 0 Å². The van der Waals surface area contributed by atoms with Gasteiger partial charge in [0.2, 0.25) is 0 Å². The summed E-state index contributed by atoms with van der Waals surface area (Å²) in [6.07, 6.45) is 0.736. The summed E-state index contributed by atoms with van der Waals surface area (Å²) >= 11 is 0. The maximum Gasteiger partial charge on any atom is 0.321 e. The summed E-state index contributed by atoms with van der Waals surface area (Å²) in [5, 5.41) is 32.6. The van der Waals surface area contributed by atoms with Crippen molar-refractivity contribution < 1.29 is 39.6 Å². The van der Waals surface area contributed by atoms with Crippen LogP contribution in [0.15, 0.2) is 0 Å². The maximum absolute atomic E-state index is 10.2. The highest BCUT2D eigenvalue weighted by Crippen LogP contribution is 2.02. The van der Waals surface area contributed by atoms with Gasteiger partial charge in [0, 0.05) is 12.6 Å². The summed E-state index contributed by atoms with van der Waals surface area (Å²) in [5.41, 5.74) is 19.8. The van der Waals surface area contributed by atoms with Crippen molar-refractivity contribution in [2.75, 3.05) is 0 Å². The third-order valence-corrected chi connectivity index (χ3v) is 2.18. The molecule has 0 heterocycles. The molecule has 0 saturated carbocycles. The third kappa shape index (κ3) is 30.2. The molecule has 2 atom stereocenters. The minimum atomic E-state index is -1.29. The summed E-state index contributed by atoms with van der Waals surface area (Å²) in [6, 6.07) is -2.15. The third-order valence-electron chi connectivity index (χ3n) is 2.18. The summed E-state index contributed by atoms with van der Waals surface area (Å²) in [4.78, 5) is 39.8. The Balaban J connectivity index is -0.000000328. The van der Waals surface area contributed by atoms with Crippen LogP contribution in [0.1, 0.15) is 39.0 Å². The van der Waals surface area contributed by atoms with Gasteiger partial charge in [-0.15, -0.1) is 0 Å². The first-order valence-electron chi connectivity index (χ1n) is 7.22. The Kier molecular flexibility index (Phi) is 18.3. The number of hydrogen-bond acceptors (Lipinski definition) is 8. The topological polar surface area (TPSA) is 253 Å². The van der Waals surface area contributed by atoms with E-state index in [2.05, 4.69) is 0 Å². The maximum atomic E-state index is 10.2. The Morgan fingerprint density at radius 1 is 0.760 bits per heavy atom. The number of carboxylic acid groups (broad SMARTS) is 4. The van der Waals surface area contributed by atoms with Crippen molar-refractivity contribution in [1.29, 1.82) is 0 Å². The molecule has 0 bridgehead atoms. The number of rotatable bonds is 9. The normalized spacial score (nSPS) is 11.9. The molecule has 0 radical (unpaired) electrons. The molecule has 0 rings (SSSR count). The first kappa shape index (κ1) is 27.6.